The number of nitrogens with two attached hydrogens (primary N) is 1. The normalized spacial score (nSPS) is 15.1. The quantitative estimate of drug-likeness (QED) is 0.757. The third-order valence-electron chi connectivity index (χ3n) is 3.84. The molecular formula is C14H26N2O. The van der Waals surface area contributed by atoms with Gasteiger partial charge in [0.1, 0.15) is 0 Å². The molecule has 0 spiro atoms. The van der Waals surface area contributed by atoms with E-state index < -0.39 is 0 Å². The minimum Gasteiger partial charge on any atom is -0.472 e. The molecule has 0 aliphatic carbocycles. The van der Waals surface area contributed by atoms with E-state index in [1.165, 1.54) is 24.8 Å². The van der Waals surface area contributed by atoms with E-state index in [9.17, 15) is 0 Å². The van der Waals surface area contributed by atoms with Crippen LogP contribution >= 0.6 is 0 Å². The molecule has 0 saturated carbocycles. The van der Waals surface area contributed by atoms with E-state index >= 15 is 0 Å². The minimum atomic E-state index is 0.132. The van der Waals surface area contributed by atoms with Crippen molar-refractivity contribution in [1.29, 1.82) is 0 Å². The number of likely N-dealkylation sites (N-methyl/N-ethyl adjacent to an activating group) is 1. The molecule has 1 aromatic rings. The van der Waals surface area contributed by atoms with Crippen molar-refractivity contribution in [2.45, 2.75) is 51.6 Å². The highest BCUT2D eigenvalue weighted by molar-refractivity contribution is 5.06. The largest absolute Gasteiger partial charge is 0.472 e. The Balaban J connectivity index is 2.68. The Morgan fingerprint density at radius 1 is 1.41 bits per heavy atom. The van der Waals surface area contributed by atoms with Crippen molar-refractivity contribution in [2.24, 2.45) is 5.73 Å². The van der Waals surface area contributed by atoms with Crippen LogP contribution in [0.15, 0.2) is 23.0 Å². The lowest BCUT2D eigenvalue weighted by atomic mass is 9.88. The summed E-state index contributed by atoms with van der Waals surface area (Å²) >= 11 is 0. The van der Waals surface area contributed by atoms with E-state index in [1.807, 2.05) is 12.3 Å². The summed E-state index contributed by atoms with van der Waals surface area (Å²) in [6, 6.07) is 2.02. The Morgan fingerprint density at radius 3 is 2.65 bits per heavy atom. The minimum absolute atomic E-state index is 0.132. The summed E-state index contributed by atoms with van der Waals surface area (Å²) in [6.07, 6.45) is 8.27. The third-order valence-corrected chi connectivity index (χ3v) is 3.84. The van der Waals surface area contributed by atoms with Gasteiger partial charge in [-0.1, -0.05) is 26.7 Å². The van der Waals surface area contributed by atoms with Crippen molar-refractivity contribution < 1.29 is 4.42 Å². The third kappa shape index (κ3) is 3.58. The summed E-state index contributed by atoms with van der Waals surface area (Å²) < 4.78 is 5.12. The highest BCUT2D eigenvalue weighted by Gasteiger charge is 2.30. The van der Waals surface area contributed by atoms with Gasteiger partial charge < -0.3 is 10.2 Å². The van der Waals surface area contributed by atoms with Gasteiger partial charge in [-0.3, -0.25) is 4.90 Å². The van der Waals surface area contributed by atoms with Gasteiger partial charge in [-0.25, -0.2) is 0 Å². The second-order valence-electron chi connectivity index (χ2n) is 4.87. The lowest BCUT2D eigenvalue weighted by Crippen LogP contribution is -2.51. The van der Waals surface area contributed by atoms with Crippen molar-refractivity contribution >= 4 is 0 Å². The molecule has 0 fully saturated rings. The SMILES string of the molecule is CCCCC(CC)(CN)N(C)Cc1ccoc1. The van der Waals surface area contributed by atoms with Crippen molar-refractivity contribution in [2.75, 3.05) is 13.6 Å². The number of hydrogen-bond donors (Lipinski definition) is 1. The van der Waals surface area contributed by atoms with Crippen LogP contribution in [0.3, 0.4) is 0 Å². The molecule has 1 rings (SSSR count). The molecular weight excluding hydrogens is 212 g/mol. The number of furan rings is 1. The molecule has 0 aliphatic heterocycles. The Bertz CT molecular complexity index is 291. The lowest BCUT2D eigenvalue weighted by molar-refractivity contribution is 0.0997. The molecule has 1 heterocycles. The molecule has 0 radical (unpaired) electrons. The standard InChI is InChI=1S/C14H26N2O/c1-4-6-8-14(5-2,12-15)16(3)10-13-7-9-17-11-13/h7,9,11H,4-6,8,10,12,15H2,1-3H3. The van der Waals surface area contributed by atoms with Crippen LogP contribution in [0.2, 0.25) is 0 Å². The predicted octanol–water partition coefficient (Wildman–Crippen LogP) is 3.01. The first kappa shape index (κ1) is 14.3. The Hall–Kier alpha value is -0.800. The molecule has 0 bridgehead atoms. The van der Waals surface area contributed by atoms with Crippen LogP contribution in [-0.4, -0.2) is 24.0 Å². The summed E-state index contributed by atoms with van der Waals surface area (Å²) in [5.41, 5.74) is 7.37. The van der Waals surface area contributed by atoms with E-state index in [1.54, 1.807) is 6.26 Å². The summed E-state index contributed by atoms with van der Waals surface area (Å²) in [5.74, 6) is 0. The molecule has 0 saturated heterocycles. The van der Waals surface area contributed by atoms with Gasteiger partial charge in [0.2, 0.25) is 0 Å². The number of unbranched alkanes of at least 4 members (excludes halogenated alkanes) is 1. The summed E-state index contributed by atoms with van der Waals surface area (Å²) in [5, 5.41) is 0. The van der Waals surface area contributed by atoms with Gasteiger partial charge in [0.25, 0.3) is 0 Å². The van der Waals surface area contributed by atoms with Gasteiger partial charge in [0.05, 0.1) is 12.5 Å². The van der Waals surface area contributed by atoms with Crippen LogP contribution in [0.4, 0.5) is 0 Å². The zero-order chi connectivity index (χ0) is 12.7. The van der Waals surface area contributed by atoms with Crippen molar-refractivity contribution in [3.8, 4) is 0 Å². The topological polar surface area (TPSA) is 42.4 Å². The summed E-state index contributed by atoms with van der Waals surface area (Å²) in [6.45, 7) is 6.09. The van der Waals surface area contributed by atoms with Crippen molar-refractivity contribution in [3.05, 3.63) is 24.2 Å². The maximum Gasteiger partial charge on any atom is 0.0947 e. The van der Waals surface area contributed by atoms with Crippen LogP contribution in [0.25, 0.3) is 0 Å². The molecule has 0 amide bonds. The Labute approximate surface area is 105 Å². The summed E-state index contributed by atoms with van der Waals surface area (Å²) in [7, 11) is 2.17. The molecule has 3 nitrogen and oxygen atoms in total. The van der Waals surface area contributed by atoms with Gasteiger partial charge in [-0.15, -0.1) is 0 Å². The highest BCUT2D eigenvalue weighted by Crippen LogP contribution is 2.26. The van der Waals surface area contributed by atoms with Crippen LogP contribution in [0, 0.1) is 0 Å². The van der Waals surface area contributed by atoms with Crippen LogP contribution in [-0.2, 0) is 6.54 Å². The smallest absolute Gasteiger partial charge is 0.0947 e. The van der Waals surface area contributed by atoms with Crippen molar-refractivity contribution in [3.63, 3.8) is 0 Å². The first-order valence-electron chi connectivity index (χ1n) is 6.61. The molecule has 0 aromatic carbocycles. The first-order chi connectivity index (χ1) is 8.18. The molecule has 3 heteroatoms. The number of hydrogen-bond acceptors (Lipinski definition) is 3. The van der Waals surface area contributed by atoms with Gasteiger partial charge >= 0.3 is 0 Å². The molecule has 17 heavy (non-hydrogen) atoms. The first-order valence-corrected chi connectivity index (χ1v) is 6.61. The van der Waals surface area contributed by atoms with Crippen LogP contribution in [0.1, 0.15) is 45.1 Å². The molecule has 1 atom stereocenters. The number of nitrogens with zero attached hydrogens (tertiary/aromatic N) is 1. The van der Waals surface area contributed by atoms with E-state index in [2.05, 4.69) is 25.8 Å². The second kappa shape index (κ2) is 6.82. The fourth-order valence-corrected chi connectivity index (χ4v) is 2.37. The van der Waals surface area contributed by atoms with Crippen LogP contribution in [0.5, 0.6) is 0 Å². The van der Waals surface area contributed by atoms with Gasteiger partial charge in [-0.2, -0.15) is 0 Å². The van der Waals surface area contributed by atoms with E-state index in [0.717, 1.165) is 19.5 Å². The highest BCUT2D eigenvalue weighted by atomic mass is 16.3. The number of rotatable bonds is 8. The average Bonchev–Trinajstić information content (AvgIpc) is 2.84. The average molecular weight is 238 g/mol. The fourth-order valence-electron chi connectivity index (χ4n) is 2.37. The second-order valence-corrected chi connectivity index (χ2v) is 4.87. The summed E-state index contributed by atoms with van der Waals surface area (Å²) in [4.78, 5) is 2.38. The zero-order valence-corrected chi connectivity index (χ0v) is 11.4. The van der Waals surface area contributed by atoms with E-state index in [0.29, 0.717) is 0 Å². The van der Waals surface area contributed by atoms with Gasteiger partial charge in [-0.05, 0) is 26.0 Å². The molecule has 1 unspecified atom stereocenters. The van der Waals surface area contributed by atoms with Crippen LogP contribution < -0.4 is 5.73 Å². The lowest BCUT2D eigenvalue weighted by Gasteiger charge is -2.40. The molecule has 98 valence electrons. The zero-order valence-electron chi connectivity index (χ0n) is 11.4. The van der Waals surface area contributed by atoms with E-state index in [4.69, 9.17) is 10.2 Å². The van der Waals surface area contributed by atoms with Gasteiger partial charge in [0.15, 0.2) is 0 Å². The van der Waals surface area contributed by atoms with E-state index in [-0.39, 0.29) is 5.54 Å². The predicted molar refractivity (Wildman–Crippen MR) is 71.8 cm³/mol. The van der Waals surface area contributed by atoms with Gasteiger partial charge in [0, 0.05) is 24.2 Å². The molecule has 2 N–H and O–H groups in total. The fraction of sp³-hybridized carbons (Fsp3) is 0.714. The molecule has 0 aliphatic rings. The maximum absolute atomic E-state index is 6.02. The Morgan fingerprint density at radius 2 is 2.18 bits per heavy atom. The van der Waals surface area contributed by atoms with Crippen molar-refractivity contribution in [1.82, 2.24) is 4.90 Å². The molecule has 1 aromatic heterocycles. The monoisotopic (exact) mass is 238 g/mol. The maximum atomic E-state index is 6.02. The Kier molecular flexibility index (Phi) is 5.72.